The van der Waals surface area contributed by atoms with Gasteiger partial charge in [0.1, 0.15) is 11.3 Å². The zero-order valence-corrected chi connectivity index (χ0v) is 16.9. The first kappa shape index (κ1) is 21.0. The fourth-order valence-corrected chi connectivity index (χ4v) is 2.89. The number of carbonyl (C=O) groups excluding carboxylic acids is 2. The molecule has 1 aliphatic heterocycles. The van der Waals surface area contributed by atoms with Crippen molar-refractivity contribution >= 4 is 18.1 Å². The van der Waals surface area contributed by atoms with Crippen molar-refractivity contribution in [2.24, 2.45) is 0 Å². The average molecular weight is 375 g/mol. The molecule has 0 bridgehead atoms. The van der Waals surface area contributed by atoms with Gasteiger partial charge >= 0.3 is 12.1 Å². The molecule has 148 valence electrons. The highest BCUT2D eigenvalue weighted by molar-refractivity contribution is 5.93. The lowest BCUT2D eigenvalue weighted by Crippen LogP contribution is -2.49. The molecule has 1 aliphatic rings. The highest BCUT2D eigenvalue weighted by Gasteiger charge is 2.44. The van der Waals surface area contributed by atoms with Crippen LogP contribution >= 0.6 is 0 Å². The van der Waals surface area contributed by atoms with E-state index in [1.165, 1.54) is 0 Å². The van der Waals surface area contributed by atoms with E-state index in [0.29, 0.717) is 18.8 Å². The topological polar surface area (TPSA) is 65.1 Å². The Kier molecular flexibility index (Phi) is 6.31. The minimum Gasteiger partial charge on any atom is -0.462 e. The molecule has 0 aromatic heterocycles. The summed E-state index contributed by atoms with van der Waals surface area (Å²) >= 11 is 0. The Morgan fingerprint density at radius 3 is 2.59 bits per heavy atom. The van der Waals surface area contributed by atoms with E-state index in [0.717, 1.165) is 5.56 Å². The Bertz CT molecular complexity index is 718. The second kappa shape index (κ2) is 8.13. The van der Waals surface area contributed by atoms with Crippen molar-refractivity contribution in [3.05, 3.63) is 41.5 Å². The molecule has 1 amide bonds. The van der Waals surface area contributed by atoms with Gasteiger partial charge in [-0.1, -0.05) is 30.4 Å². The number of ether oxygens (including phenoxy) is 3. The molecule has 0 aliphatic carbocycles. The summed E-state index contributed by atoms with van der Waals surface area (Å²) in [7, 11) is 0. The molecule has 27 heavy (non-hydrogen) atoms. The first-order valence-electron chi connectivity index (χ1n) is 9.16. The van der Waals surface area contributed by atoms with Gasteiger partial charge in [0.15, 0.2) is 0 Å². The molecule has 1 fully saturated rings. The third-order valence-corrected chi connectivity index (χ3v) is 4.06. The predicted octanol–water partition coefficient (Wildman–Crippen LogP) is 4.25. The lowest BCUT2D eigenvalue weighted by molar-refractivity contribution is -0.0610. The molecule has 1 saturated heterocycles. The van der Waals surface area contributed by atoms with Gasteiger partial charge in [0.2, 0.25) is 0 Å². The van der Waals surface area contributed by atoms with Gasteiger partial charge in [-0.2, -0.15) is 0 Å². The summed E-state index contributed by atoms with van der Waals surface area (Å²) in [4.78, 5) is 26.4. The zero-order chi connectivity index (χ0) is 20.2. The number of nitrogens with zero attached hydrogens (tertiary/aromatic N) is 1. The van der Waals surface area contributed by atoms with E-state index in [1.54, 1.807) is 24.0 Å². The van der Waals surface area contributed by atoms with Crippen LogP contribution in [-0.2, 0) is 14.2 Å². The Morgan fingerprint density at radius 1 is 1.30 bits per heavy atom. The molecule has 6 nitrogen and oxygen atoms in total. The van der Waals surface area contributed by atoms with E-state index in [4.69, 9.17) is 14.2 Å². The summed E-state index contributed by atoms with van der Waals surface area (Å²) in [5.41, 5.74) is -0.166. The first-order chi connectivity index (χ1) is 12.5. The molecule has 1 atom stereocenters. The van der Waals surface area contributed by atoms with E-state index in [9.17, 15) is 9.59 Å². The van der Waals surface area contributed by atoms with Gasteiger partial charge in [0, 0.05) is 0 Å². The Hall–Kier alpha value is -2.34. The second-order valence-electron chi connectivity index (χ2n) is 7.84. The van der Waals surface area contributed by atoms with Gasteiger partial charge in [-0.05, 0) is 53.2 Å². The van der Waals surface area contributed by atoms with Crippen molar-refractivity contribution in [2.75, 3.05) is 13.2 Å². The summed E-state index contributed by atoms with van der Waals surface area (Å²) in [6.45, 7) is 11.6. The number of hydrogen-bond donors (Lipinski definition) is 0. The molecule has 0 saturated carbocycles. The van der Waals surface area contributed by atoms with Crippen LogP contribution in [0.3, 0.4) is 0 Å². The van der Waals surface area contributed by atoms with Crippen LogP contribution in [0.1, 0.15) is 57.5 Å². The van der Waals surface area contributed by atoms with Gasteiger partial charge in [-0.3, -0.25) is 4.90 Å². The van der Waals surface area contributed by atoms with Gasteiger partial charge in [-0.25, -0.2) is 9.59 Å². The summed E-state index contributed by atoms with van der Waals surface area (Å²) < 4.78 is 16.4. The average Bonchev–Trinajstić information content (AvgIpc) is 2.86. The Morgan fingerprint density at radius 2 is 1.96 bits per heavy atom. The van der Waals surface area contributed by atoms with Gasteiger partial charge in [-0.15, -0.1) is 0 Å². The molecule has 6 heteroatoms. The van der Waals surface area contributed by atoms with Crippen LogP contribution in [-0.4, -0.2) is 47.5 Å². The highest BCUT2D eigenvalue weighted by atomic mass is 16.6. The summed E-state index contributed by atoms with van der Waals surface area (Å²) in [6.07, 6.45) is 3.24. The van der Waals surface area contributed by atoms with E-state index in [2.05, 4.69) is 0 Å². The monoisotopic (exact) mass is 375 g/mol. The minimum atomic E-state index is -0.780. The second-order valence-corrected chi connectivity index (χ2v) is 7.84. The molecule has 0 spiro atoms. The van der Waals surface area contributed by atoms with Crippen molar-refractivity contribution < 1.29 is 23.8 Å². The minimum absolute atomic E-state index is 0.301. The van der Waals surface area contributed by atoms with Crippen LogP contribution in [0.5, 0.6) is 0 Å². The quantitative estimate of drug-likeness (QED) is 0.736. The van der Waals surface area contributed by atoms with Crippen LogP contribution in [0.15, 0.2) is 30.3 Å². The fourth-order valence-electron chi connectivity index (χ4n) is 2.89. The number of benzene rings is 1. The molecular weight excluding hydrogens is 346 g/mol. The van der Waals surface area contributed by atoms with Gasteiger partial charge < -0.3 is 14.2 Å². The molecule has 1 heterocycles. The van der Waals surface area contributed by atoms with Crippen LogP contribution in [0, 0.1) is 0 Å². The van der Waals surface area contributed by atoms with Crippen LogP contribution in [0.4, 0.5) is 4.79 Å². The third-order valence-electron chi connectivity index (χ3n) is 4.06. The van der Waals surface area contributed by atoms with E-state index >= 15 is 0 Å². The largest absolute Gasteiger partial charge is 0.462 e. The molecule has 0 N–H and O–H groups in total. The smallest absolute Gasteiger partial charge is 0.413 e. The molecular formula is C21H29NO5. The lowest BCUT2D eigenvalue weighted by Gasteiger charge is -2.34. The van der Waals surface area contributed by atoms with E-state index in [-0.39, 0.29) is 12.0 Å². The normalized spacial score (nSPS) is 19.3. The molecule has 0 unspecified atom stereocenters. The first-order valence-corrected chi connectivity index (χ1v) is 9.16. The summed E-state index contributed by atoms with van der Waals surface area (Å²) in [5.74, 6) is -0.371. The number of hydrogen-bond acceptors (Lipinski definition) is 5. The summed E-state index contributed by atoms with van der Waals surface area (Å²) in [5, 5.41) is 0. The van der Waals surface area contributed by atoms with Crippen molar-refractivity contribution in [1.29, 1.82) is 0 Å². The molecule has 0 radical (unpaired) electrons. The Labute approximate surface area is 161 Å². The highest BCUT2D eigenvalue weighted by Crippen LogP contribution is 2.30. The Balaban J connectivity index is 2.25. The van der Waals surface area contributed by atoms with Crippen molar-refractivity contribution in [2.45, 2.75) is 58.9 Å². The van der Waals surface area contributed by atoms with Crippen LogP contribution < -0.4 is 0 Å². The SMILES string of the molecule is CCOC(=O)c1ccccc1C=C[C@@H]1COC(C)(C)N1C(=O)OC(C)(C)C. The summed E-state index contributed by atoms with van der Waals surface area (Å²) in [6, 6.07) is 6.90. The number of carbonyl (C=O) groups is 2. The standard InChI is InChI=1S/C21H29NO5/c1-7-25-18(23)17-11-9-8-10-15(17)12-13-16-14-26-21(5,6)22(16)19(24)27-20(2,3)4/h8-13,16H,7,14H2,1-6H3/t16-/m1/s1. The maximum atomic E-state index is 12.7. The van der Waals surface area contributed by atoms with E-state index in [1.807, 2.05) is 58.9 Å². The van der Waals surface area contributed by atoms with Gasteiger partial charge in [0.05, 0.1) is 24.8 Å². The fraction of sp³-hybridized carbons (Fsp3) is 0.524. The number of amides is 1. The van der Waals surface area contributed by atoms with Gasteiger partial charge in [0.25, 0.3) is 0 Å². The van der Waals surface area contributed by atoms with Crippen molar-refractivity contribution in [3.8, 4) is 0 Å². The molecule has 2 rings (SSSR count). The lowest BCUT2D eigenvalue weighted by atomic mass is 10.1. The maximum absolute atomic E-state index is 12.7. The number of rotatable bonds is 4. The third kappa shape index (κ3) is 5.32. The predicted molar refractivity (Wildman–Crippen MR) is 103 cm³/mol. The van der Waals surface area contributed by atoms with E-state index < -0.39 is 17.4 Å². The molecule has 1 aromatic rings. The number of esters is 1. The maximum Gasteiger partial charge on any atom is 0.413 e. The zero-order valence-electron chi connectivity index (χ0n) is 16.9. The van der Waals surface area contributed by atoms with Crippen LogP contribution in [0.2, 0.25) is 0 Å². The molecule has 1 aromatic carbocycles. The van der Waals surface area contributed by atoms with Crippen LogP contribution in [0.25, 0.3) is 6.08 Å². The van der Waals surface area contributed by atoms with Crippen molar-refractivity contribution in [1.82, 2.24) is 4.90 Å². The van der Waals surface area contributed by atoms with Crippen molar-refractivity contribution in [3.63, 3.8) is 0 Å².